The second-order valence-corrected chi connectivity index (χ2v) is 8.20. The van der Waals surface area contributed by atoms with Crippen LogP contribution in [0.2, 0.25) is 5.02 Å². The maximum atomic E-state index is 12.9. The van der Waals surface area contributed by atoms with Gasteiger partial charge >= 0.3 is 5.97 Å². The standard InChI is InChI=1S/C21H22ClFN2O5S/c1-12-8-17(18(29-3)9-16(12)22)25-19(26)10-30-21(28)13(2)31-11-20(27)24-15-6-4-14(23)5-7-15/h4-9,13H,10-11H2,1-3H3,(H,24,27)(H,25,26). The topological polar surface area (TPSA) is 93.7 Å². The lowest BCUT2D eigenvalue weighted by molar-refractivity contribution is -0.146. The minimum absolute atomic E-state index is 0.0128. The van der Waals surface area contributed by atoms with Gasteiger partial charge in [-0.25, -0.2) is 4.39 Å². The highest BCUT2D eigenvalue weighted by Gasteiger charge is 2.19. The van der Waals surface area contributed by atoms with Crippen molar-refractivity contribution in [2.24, 2.45) is 0 Å². The number of nitrogens with one attached hydrogen (secondary N) is 2. The normalized spacial score (nSPS) is 11.4. The van der Waals surface area contributed by atoms with Gasteiger partial charge in [-0.2, -0.15) is 0 Å². The molecule has 0 aliphatic heterocycles. The number of halogens is 2. The van der Waals surface area contributed by atoms with Crippen LogP contribution in [0.15, 0.2) is 36.4 Å². The number of carbonyl (C=O) groups excluding carboxylic acids is 3. The highest BCUT2D eigenvalue weighted by molar-refractivity contribution is 8.01. The van der Waals surface area contributed by atoms with Crippen LogP contribution in [-0.4, -0.2) is 42.5 Å². The van der Waals surface area contributed by atoms with Gasteiger partial charge in [0.15, 0.2) is 6.61 Å². The molecule has 0 bridgehead atoms. The summed E-state index contributed by atoms with van der Waals surface area (Å²) in [4.78, 5) is 36.2. The van der Waals surface area contributed by atoms with Crippen LogP contribution in [0.25, 0.3) is 0 Å². The molecule has 7 nitrogen and oxygen atoms in total. The first-order valence-electron chi connectivity index (χ1n) is 9.17. The number of thioether (sulfide) groups is 1. The van der Waals surface area contributed by atoms with E-state index in [2.05, 4.69) is 10.6 Å². The third-order valence-electron chi connectivity index (χ3n) is 4.02. The Balaban J connectivity index is 1.77. The van der Waals surface area contributed by atoms with E-state index in [4.69, 9.17) is 21.1 Å². The quantitative estimate of drug-likeness (QED) is 0.539. The Bertz CT molecular complexity index is 956. The first-order valence-corrected chi connectivity index (χ1v) is 10.6. The second kappa shape index (κ2) is 11.6. The van der Waals surface area contributed by atoms with Gasteiger partial charge in [0.1, 0.15) is 16.8 Å². The van der Waals surface area contributed by atoms with Crippen LogP contribution in [0, 0.1) is 12.7 Å². The SMILES string of the molecule is COc1cc(Cl)c(C)cc1NC(=O)COC(=O)C(C)SCC(=O)Nc1ccc(F)cc1. The molecule has 10 heteroatoms. The number of esters is 1. The average molecular weight is 469 g/mol. The van der Waals surface area contributed by atoms with Crippen LogP contribution < -0.4 is 15.4 Å². The molecule has 2 rings (SSSR count). The molecule has 0 aromatic heterocycles. The summed E-state index contributed by atoms with van der Waals surface area (Å²) in [7, 11) is 1.45. The molecule has 0 saturated heterocycles. The number of ether oxygens (including phenoxy) is 2. The number of amides is 2. The first kappa shape index (κ1) is 24.5. The lowest BCUT2D eigenvalue weighted by atomic mass is 10.2. The van der Waals surface area contributed by atoms with E-state index < -0.39 is 29.6 Å². The van der Waals surface area contributed by atoms with Gasteiger partial charge in [-0.15, -0.1) is 11.8 Å². The molecule has 0 fully saturated rings. The van der Waals surface area contributed by atoms with Crippen molar-refractivity contribution in [3.8, 4) is 5.75 Å². The number of rotatable bonds is 9. The van der Waals surface area contributed by atoms with Gasteiger partial charge in [0, 0.05) is 16.8 Å². The monoisotopic (exact) mass is 468 g/mol. The molecule has 2 aromatic rings. The number of hydrogen-bond donors (Lipinski definition) is 2. The Hall–Kier alpha value is -2.78. The molecule has 2 aromatic carbocycles. The van der Waals surface area contributed by atoms with Crippen LogP contribution in [0.3, 0.4) is 0 Å². The Morgan fingerprint density at radius 2 is 1.81 bits per heavy atom. The lowest BCUT2D eigenvalue weighted by Crippen LogP contribution is -2.26. The Morgan fingerprint density at radius 1 is 1.13 bits per heavy atom. The van der Waals surface area contributed by atoms with Crippen LogP contribution in [0.5, 0.6) is 5.75 Å². The summed E-state index contributed by atoms with van der Waals surface area (Å²) in [6.07, 6.45) is 0. The van der Waals surface area contributed by atoms with Crippen LogP contribution >= 0.6 is 23.4 Å². The molecule has 0 aliphatic rings. The number of hydrogen-bond acceptors (Lipinski definition) is 6. The number of aryl methyl sites for hydroxylation is 1. The van der Waals surface area contributed by atoms with Crippen molar-refractivity contribution in [2.45, 2.75) is 19.1 Å². The van der Waals surface area contributed by atoms with Crippen molar-refractivity contribution in [2.75, 3.05) is 30.1 Å². The maximum absolute atomic E-state index is 12.9. The minimum Gasteiger partial charge on any atom is -0.495 e. The Kier molecular flexibility index (Phi) is 9.14. The summed E-state index contributed by atoms with van der Waals surface area (Å²) in [6.45, 7) is 2.86. The molecule has 1 unspecified atom stereocenters. The van der Waals surface area contributed by atoms with Gasteiger partial charge in [-0.1, -0.05) is 11.6 Å². The molecular weight excluding hydrogens is 447 g/mol. The van der Waals surface area contributed by atoms with E-state index in [0.29, 0.717) is 22.1 Å². The molecule has 2 amide bonds. The maximum Gasteiger partial charge on any atom is 0.319 e. The Labute approximate surface area is 188 Å². The summed E-state index contributed by atoms with van der Waals surface area (Å²) < 4.78 is 23.1. The molecule has 0 radical (unpaired) electrons. The average Bonchev–Trinajstić information content (AvgIpc) is 2.74. The van der Waals surface area contributed by atoms with E-state index >= 15 is 0 Å². The van der Waals surface area contributed by atoms with Gasteiger partial charge in [0.05, 0.1) is 18.6 Å². The molecule has 0 aliphatic carbocycles. The second-order valence-electron chi connectivity index (χ2n) is 6.47. The third kappa shape index (κ3) is 7.76. The lowest BCUT2D eigenvalue weighted by Gasteiger charge is -2.14. The van der Waals surface area contributed by atoms with E-state index in [1.54, 1.807) is 26.0 Å². The molecule has 1 atom stereocenters. The van der Waals surface area contributed by atoms with Crippen LogP contribution in [0.4, 0.5) is 15.8 Å². The largest absolute Gasteiger partial charge is 0.495 e. The molecule has 31 heavy (non-hydrogen) atoms. The van der Waals surface area contributed by atoms with Gasteiger partial charge in [-0.3, -0.25) is 14.4 Å². The predicted octanol–water partition coefficient (Wildman–Crippen LogP) is 4.04. The van der Waals surface area contributed by atoms with Gasteiger partial charge < -0.3 is 20.1 Å². The van der Waals surface area contributed by atoms with Crippen molar-refractivity contribution in [3.05, 3.63) is 52.8 Å². The smallest absolute Gasteiger partial charge is 0.319 e. The van der Waals surface area contributed by atoms with Gasteiger partial charge in [0.2, 0.25) is 5.91 Å². The van der Waals surface area contributed by atoms with E-state index in [-0.39, 0.29) is 11.7 Å². The zero-order valence-electron chi connectivity index (χ0n) is 17.2. The number of carbonyl (C=O) groups is 3. The highest BCUT2D eigenvalue weighted by atomic mass is 35.5. The minimum atomic E-state index is -0.668. The third-order valence-corrected chi connectivity index (χ3v) is 5.55. The number of anilines is 2. The Morgan fingerprint density at radius 3 is 2.45 bits per heavy atom. The molecule has 0 heterocycles. The van der Waals surface area contributed by atoms with E-state index in [1.807, 2.05) is 0 Å². The predicted molar refractivity (Wildman–Crippen MR) is 119 cm³/mol. The zero-order valence-corrected chi connectivity index (χ0v) is 18.7. The first-order chi connectivity index (χ1) is 14.7. The van der Waals surface area contributed by atoms with Crippen molar-refractivity contribution >= 4 is 52.5 Å². The van der Waals surface area contributed by atoms with Crippen molar-refractivity contribution < 1.29 is 28.2 Å². The van der Waals surface area contributed by atoms with Gasteiger partial charge in [0.25, 0.3) is 5.91 Å². The molecule has 0 saturated carbocycles. The fourth-order valence-corrected chi connectivity index (χ4v) is 3.20. The zero-order chi connectivity index (χ0) is 23.0. The van der Waals surface area contributed by atoms with E-state index in [1.165, 1.54) is 31.4 Å². The van der Waals surface area contributed by atoms with Crippen LogP contribution in [0.1, 0.15) is 12.5 Å². The number of benzene rings is 2. The summed E-state index contributed by atoms with van der Waals surface area (Å²) in [5, 5.41) is 5.03. The fourth-order valence-electron chi connectivity index (χ4n) is 2.37. The van der Waals surface area contributed by atoms with Gasteiger partial charge in [-0.05, 0) is 49.7 Å². The molecule has 166 valence electrons. The van der Waals surface area contributed by atoms with E-state index in [0.717, 1.165) is 17.3 Å². The summed E-state index contributed by atoms with van der Waals surface area (Å²) in [5.74, 6) is -1.56. The van der Waals surface area contributed by atoms with Crippen LogP contribution in [-0.2, 0) is 19.1 Å². The number of methoxy groups -OCH3 is 1. The van der Waals surface area contributed by atoms with Crippen molar-refractivity contribution in [1.29, 1.82) is 0 Å². The fraction of sp³-hybridized carbons (Fsp3) is 0.286. The molecule has 2 N–H and O–H groups in total. The van der Waals surface area contributed by atoms with Crippen molar-refractivity contribution in [3.63, 3.8) is 0 Å². The summed E-state index contributed by atoms with van der Waals surface area (Å²) in [6, 6.07) is 8.56. The molecular formula is C21H22ClFN2O5S. The molecule has 0 spiro atoms. The summed E-state index contributed by atoms with van der Waals surface area (Å²) >= 11 is 7.09. The van der Waals surface area contributed by atoms with E-state index in [9.17, 15) is 18.8 Å². The van der Waals surface area contributed by atoms with Crippen molar-refractivity contribution in [1.82, 2.24) is 0 Å². The summed E-state index contributed by atoms with van der Waals surface area (Å²) in [5.41, 5.74) is 1.61. The highest BCUT2D eigenvalue weighted by Crippen LogP contribution is 2.30.